The van der Waals surface area contributed by atoms with Crippen LogP contribution in [0.2, 0.25) is 13.1 Å². The normalized spacial score (nSPS) is 19.8. The molecule has 2 rings (SSSR count). The van der Waals surface area contributed by atoms with Crippen molar-refractivity contribution in [2.45, 2.75) is 45.7 Å². The molecule has 0 unspecified atom stereocenters. The van der Waals surface area contributed by atoms with Crippen LogP contribution in [0.1, 0.15) is 32.6 Å². The molecular formula is C15H22Si. The van der Waals surface area contributed by atoms with Crippen molar-refractivity contribution in [3.05, 3.63) is 46.2 Å². The minimum Gasteiger partial charge on any atom is -0.0812 e. The highest BCUT2D eigenvalue weighted by molar-refractivity contribution is 6.65. The van der Waals surface area contributed by atoms with E-state index in [1.165, 1.54) is 19.3 Å². The molecule has 0 N–H and O–H groups in total. The first-order valence-corrected chi connectivity index (χ1v) is 9.41. The fourth-order valence-corrected chi connectivity index (χ4v) is 4.16. The Labute approximate surface area is 101 Å². The lowest BCUT2D eigenvalue weighted by Crippen LogP contribution is -2.07. The first kappa shape index (κ1) is 11.7. The summed E-state index contributed by atoms with van der Waals surface area (Å²) in [5.74, 6) is 0. The van der Waals surface area contributed by atoms with Gasteiger partial charge in [0.1, 0.15) is 0 Å². The molecule has 2 aliphatic carbocycles. The van der Waals surface area contributed by atoms with Crippen molar-refractivity contribution >= 4 is 8.80 Å². The van der Waals surface area contributed by atoms with Gasteiger partial charge >= 0.3 is 0 Å². The largest absolute Gasteiger partial charge is 0.0812 e. The average Bonchev–Trinajstić information content (AvgIpc) is 2.83. The maximum atomic E-state index is 2.45. The Morgan fingerprint density at radius 1 is 1.19 bits per heavy atom. The SMILES string of the molecule is CCCC1=CCC(C2=CCC=C2[SiH](C)C)=C1. The predicted molar refractivity (Wildman–Crippen MR) is 75.4 cm³/mol. The molecule has 0 aromatic carbocycles. The summed E-state index contributed by atoms with van der Waals surface area (Å²) in [6, 6.07) is 0. The first-order valence-electron chi connectivity index (χ1n) is 6.53. The molecule has 0 fully saturated rings. The predicted octanol–water partition coefficient (Wildman–Crippen LogP) is 4.33. The summed E-state index contributed by atoms with van der Waals surface area (Å²) in [5, 5.41) is 1.69. The van der Waals surface area contributed by atoms with E-state index in [0.29, 0.717) is 0 Å². The van der Waals surface area contributed by atoms with Gasteiger partial charge in [0, 0.05) is 0 Å². The summed E-state index contributed by atoms with van der Waals surface area (Å²) in [4.78, 5) is 0. The highest BCUT2D eigenvalue weighted by Gasteiger charge is 2.19. The summed E-state index contributed by atoms with van der Waals surface area (Å²) in [6.07, 6.45) is 14.6. The lowest BCUT2D eigenvalue weighted by atomic mass is 10.1. The molecule has 0 saturated heterocycles. The van der Waals surface area contributed by atoms with Gasteiger partial charge in [0.05, 0.1) is 8.80 Å². The van der Waals surface area contributed by atoms with Crippen molar-refractivity contribution in [3.8, 4) is 0 Å². The smallest absolute Gasteiger partial charge is 0.0651 e. The third-order valence-corrected chi connectivity index (χ3v) is 5.21. The Balaban J connectivity index is 2.12. The Bertz CT molecular complexity index is 392. The lowest BCUT2D eigenvalue weighted by Gasteiger charge is -2.12. The fourth-order valence-electron chi connectivity index (χ4n) is 2.63. The van der Waals surface area contributed by atoms with Crippen LogP contribution < -0.4 is 0 Å². The summed E-state index contributed by atoms with van der Waals surface area (Å²) in [7, 11) is -0.645. The molecular weight excluding hydrogens is 208 g/mol. The van der Waals surface area contributed by atoms with E-state index >= 15 is 0 Å². The Morgan fingerprint density at radius 3 is 2.69 bits per heavy atom. The Morgan fingerprint density at radius 2 is 2.00 bits per heavy atom. The van der Waals surface area contributed by atoms with Crippen LogP contribution in [-0.4, -0.2) is 8.80 Å². The lowest BCUT2D eigenvalue weighted by molar-refractivity contribution is 0.927. The van der Waals surface area contributed by atoms with E-state index in [0.717, 1.165) is 6.42 Å². The van der Waals surface area contributed by atoms with E-state index in [4.69, 9.17) is 0 Å². The Hall–Kier alpha value is -0.823. The molecule has 0 spiro atoms. The van der Waals surface area contributed by atoms with Crippen LogP contribution in [0.15, 0.2) is 46.2 Å². The van der Waals surface area contributed by atoms with Crippen molar-refractivity contribution in [1.82, 2.24) is 0 Å². The molecule has 2 aliphatic rings. The molecule has 0 aliphatic heterocycles. The van der Waals surface area contributed by atoms with Gasteiger partial charge < -0.3 is 0 Å². The summed E-state index contributed by atoms with van der Waals surface area (Å²) >= 11 is 0. The first-order chi connectivity index (χ1) is 7.72. The van der Waals surface area contributed by atoms with Crippen LogP contribution in [0.3, 0.4) is 0 Å². The van der Waals surface area contributed by atoms with E-state index in [-0.39, 0.29) is 0 Å². The maximum absolute atomic E-state index is 2.45. The van der Waals surface area contributed by atoms with Gasteiger partial charge in [0.25, 0.3) is 0 Å². The van der Waals surface area contributed by atoms with Crippen molar-refractivity contribution in [2.75, 3.05) is 0 Å². The molecule has 16 heavy (non-hydrogen) atoms. The number of hydrogen-bond acceptors (Lipinski definition) is 0. The molecule has 0 saturated carbocycles. The molecule has 0 heterocycles. The quantitative estimate of drug-likeness (QED) is 0.631. The van der Waals surface area contributed by atoms with Gasteiger partial charge in [-0.15, -0.1) is 0 Å². The van der Waals surface area contributed by atoms with Crippen LogP contribution in [0.25, 0.3) is 0 Å². The van der Waals surface area contributed by atoms with Gasteiger partial charge in [-0.25, -0.2) is 0 Å². The van der Waals surface area contributed by atoms with E-state index in [2.05, 4.69) is 44.3 Å². The molecule has 0 nitrogen and oxygen atoms in total. The van der Waals surface area contributed by atoms with E-state index in [1.807, 2.05) is 0 Å². The van der Waals surface area contributed by atoms with Crippen LogP contribution in [0.5, 0.6) is 0 Å². The van der Waals surface area contributed by atoms with E-state index in [1.54, 1.807) is 21.9 Å². The van der Waals surface area contributed by atoms with Gasteiger partial charge in [-0.2, -0.15) is 0 Å². The second-order valence-corrected chi connectivity index (χ2v) is 8.00. The topological polar surface area (TPSA) is 0 Å². The summed E-state index contributed by atoms with van der Waals surface area (Å²) in [6.45, 7) is 7.12. The minimum absolute atomic E-state index is 0.645. The van der Waals surface area contributed by atoms with Crippen LogP contribution >= 0.6 is 0 Å². The van der Waals surface area contributed by atoms with Gasteiger partial charge in [-0.1, -0.05) is 61.5 Å². The second-order valence-electron chi connectivity index (χ2n) is 5.07. The zero-order valence-corrected chi connectivity index (χ0v) is 11.9. The van der Waals surface area contributed by atoms with Crippen LogP contribution in [0, 0.1) is 0 Å². The van der Waals surface area contributed by atoms with Gasteiger partial charge in [-0.3, -0.25) is 0 Å². The molecule has 86 valence electrons. The molecule has 0 aromatic heterocycles. The molecule has 0 bridgehead atoms. The number of allylic oxidation sites excluding steroid dienone is 8. The third-order valence-electron chi connectivity index (χ3n) is 3.42. The van der Waals surface area contributed by atoms with Crippen molar-refractivity contribution in [3.63, 3.8) is 0 Å². The summed E-state index contributed by atoms with van der Waals surface area (Å²) < 4.78 is 0. The van der Waals surface area contributed by atoms with Crippen molar-refractivity contribution in [1.29, 1.82) is 0 Å². The standard InChI is InChI=1S/C15H22Si/c1-4-6-12-9-10-13(11-12)14-7-5-8-15(14)16(2)3/h7-9,11,16H,4-6,10H2,1-3H3. The highest BCUT2D eigenvalue weighted by Crippen LogP contribution is 2.34. The minimum atomic E-state index is -0.645. The third kappa shape index (κ3) is 2.30. The van der Waals surface area contributed by atoms with Crippen molar-refractivity contribution in [2.24, 2.45) is 0 Å². The van der Waals surface area contributed by atoms with Crippen LogP contribution in [-0.2, 0) is 0 Å². The zero-order chi connectivity index (χ0) is 11.5. The molecule has 0 aromatic rings. The molecule has 0 radical (unpaired) electrons. The zero-order valence-electron chi connectivity index (χ0n) is 10.7. The van der Waals surface area contributed by atoms with E-state index < -0.39 is 8.80 Å². The molecule has 1 heteroatoms. The monoisotopic (exact) mass is 230 g/mol. The highest BCUT2D eigenvalue weighted by atomic mass is 28.3. The molecule has 0 atom stereocenters. The number of hydrogen-bond donors (Lipinski definition) is 0. The van der Waals surface area contributed by atoms with Gasteiger partial charge in [0.2, 0.25) is 0 Å². The van der Waals surface area contributed by atoms with Gasteiger partial charge in [-0.05, 0) is 30.4 Å². The van der Waals surface area contributed by atoms with E-state index in [9.17, 15) is 0 Å². The molecule has 0 amide bonds. The number of rotatable bonds is 4. The summed E-state index contributed by atoms with van der Waals surface area (Å²) in [5.41, 5.74) is 4.72. The average molecular weight is 230 g/mol. The fraction of sp³-hybridized carbons (Fsp3) is 0.467. The van der Waals surface area contributed by atoms with Crippen LogP contribution in [0.4, 0.5) is 0 Å². The second kappa shape index (κ2) is 5.01. The van der Waals surface area contributed by atoms with Crippen molar-refractivity contribution < 1.29 is 0 Å². The Kier molecular flexibility index (Phi) is 3.65. The maximum Gasteiger partial charge on any atom is 0.0651 e. The van der Waals surface area contributed by atoms with Gasteiger partial charge in [0.15, 0.2) is 0 Å².